The molecule has 0 saturated carbocycles. The Labute approximate surface area is 191 Å². The zero-order valence-corrected chi connectivity index (χ0v) is 19.4. The summed E-state index contributed by atoms with van der Waals surface area (Å²) in [6, 6.07) is 18.6. The van der Waals surface area contributed by atoms with Crippen LogP contribution in [-0.2, 0) is 9.59 Å². The summed E-state index contributed by atoms with van der Waals surface area (Å²) in [5.41, 5.74) is 0. The number of nitrogens with zero attached hydrogens (tertiary/aromatic N) is 2. The molecule has 1 aliphatic rings. The molecule has 2 aromatic rings. The van der Waals surface area contributed by atoms with Crippen molar-refractivity contribution in [2.24, 2.45) is 0 Å². The highest BCUT2D eigenvalue weighted by molar-refractivity contribution is 5.84. The molecule has 0 aliphatic carbocycles. The maximum Gasteiger partial charge on any atom is 0.264 e. The van der Waals surface area contributed by atoms with Gasteiger partial charge in [-0.3, -0.25) is 9.59 Å². The van der Waals surface area contributed by atoms with Crippen molar-refractivity contribution in [3.63, 3.8) is 0 Å². The van der Waals surface area contributed by atoms with Gasteiger partial charge in [0, 0.05) is 25.2 Å². The summed E-state index contributed by atoms with van der Waals surface area (Å²) in [5, 5.41) is 0. The lowest BCUT2D eigenvalue weighted by molar-refractivity contribution is -0.153. The van der Waals surface area contributed by atoms with Crippen molar-refractivity contribution < 1.29 is 19.1 Å². The maximum atomic E-state index is 13.3. The van der Waals surface area contributed by atoms with E-state index in [4.69, 9.17) is 9.47 Å². The van der Waals surface area contributed by atoms with Crippen LogP contribution in [0.4, 0.5) is 0 Å². The molecule has 1 aliphatic heterocycles. The lowest BCUT2D eigenvalue weighted by Gasteiger charge is -2.45. The molecule has 6 heteroatoms. The van der Waals surface area contributed by atoms with Gasteiger partial charge in [-0.15, -0.1) is 0 Å². The van der Waals surface area contributed by atoms with E-state index in [1.165, 1.54) is 0 Å². The van der Waals surface area contributed by atoms with Crippen LogP contribution in [0.5, 0.6) is 11.5 Å². The number of carbonyl (C=O) groups excluding carboxylic acids is 2. The first-order valence-corrected chi connectivity index (χ1v) is 11.5. The third kappa shape index (κ3) is 5.61. The van der Waals surface area contributed by atoms with E-state index in [-0.39, 0.29) is 23.9 Å². The Morgan fingerprint density at radius 1 is 0.750 bits per heavy atom. The standard InChI is InChI=1S/C26H34N2O4/c1-5-23(31-21-13-9-7-10-14-21)25(29)27-17-20(4)28(18-19(27)3)26(30)24(6-2)32-22-15-11-8-12-16-22/h7-16,19-20,23-24H,5-6,17-18H2,1-4H3. The number of rotatable bonds is 8. The summed E-state index contributed by atoms with van der Waals surface area (Å²) in [5.74, 6) is 1.31. The van der Waals surface area contributed by atoms with Gasteiger partial charge in [0.15, 0.2) is 12.2 Å². The molecule has 1 fully saturated rings. The van der Waals surface area contributed by atoms with Crippen LogP contribution in [0, 0.1) is 0 Å². The maximum absolute atomic E-state index is 13.3. The highest BCUT2D eigenvalue weighted by Crippen LogP contribution is 2.22. The third-order valence-electron chi connectivity index (χ3n) is 5.89. The van der Waals surface area contributed by atoms with Gasteiger partial charge in [0.1, 0.15) is 11.5 Å². The average molecular weight is 439 g/mol. The summed E-state index contributed by atoms with van der Waals surface area (Å²) >= 11 is 0. The van der Waals surface area contributed by atoms with E-state index in [0.29, 0.717) is 37.4 Å². The first-order valence-electron chi connectivity index (χ1n) is 11.5. The van der Waals surface area contributed by atoms with Crippen LogP contribution in [-0.4, -0.2) is 59.0 Å². The van der Waals surface area contributed by atoms with Gasteiger partial charge < -0.3 is 19.3 Å². The predicted molar refractivity (Wildman–Crippen MR) is 125 cm³/mol. The average Bonchev–Trinajstić information content (AvgIpc) is 2.82. The fraction of sp³-hybridized carbons (Fsp3) is 0.462. The number of benzene rings is 2. The molecule has 172 valence electrons. The molecule has 3 rings (SSSR count). The lowest BCUT2D eigenvalue weighted by Crippen LogP contribution is -2.63. The second-order valence-corrected chi connectivity index (χ2v) is 8.33. The number of amides is 2. The highest BCUT2D eigenvalue weighted by Gasteiger charge is 2.39. The number of carbonyl (C=O) groups is 2. The smallest absolute Gasteiger partial charge is 0.264 e. The second-order valence-electron chi connectivity index (χ2n) is 8.33. The third-order valence-corrected chi connectivity index (χ3v) is 5.89. The Balaban J connectivity index is 1.65. The predicted octanol–water partition coefficient (Wildman–Crippen LogP) is 4.15. The van der Waals surface area contributed by atoms with Gasteiger partial charge in [0.05, 0.1) is 0 Å². The topological polar surface area (TPSA) is 59.1 Å². The van der Waals surface area contributed by atoms with Crippen LogP contribution >= 0.6 is 0 Å². The van der Waals surface area contributed by atoms with E-state index in [1.807, 2.05) is 98.2 Å². The van der Waals surface area contributed by atoms with E-state index >= 15 is 0 Å². The van der Waals surface area contributed by atoms with Gasteiger partial charge in [0.2, 0.25) is 0 Å². The summed E-state index contributed by atoms with van der Waals surface area (Å²) in [6.07, 6.45) is 0.0753. The van der Waals surface area contributed by atoms with Crippen LogP contribution in [0.1, 0.15) is 40.5 Å². The Hall–Kier alpha value is -3.02. The van der Waals surface area contributed by atoms with Crippen LogP contribution in [0.25, 0.3) is 0 Å². The largest absolute Gasteiger partial charge is 0.481 e. The van der Waals surface area contributed by atoms with Gasteiger partial charge in [-0.1, -0.05) is 50.2 Å². The Bertz CT molecular complexity index is 800. The van der Waals surface area contributed by atoms with Gasteiger partial charge in [-0.2, -0.15) is 0 Å². The molecule has 4 atom stereocenters. The molecule has 0 bridgehead atoms. The summed E-state index contributed by atoms with van der Waals surface area (Å²) < 4.78 is 11.9. The SMILES string of the molecule is CCC(Oc1ccccc1)C(=O)N1CC(C)N(C(=O)C(CC)Oc2ccccc2)CC1C. The van der Waals surface area contributed by atoms with Crippen molar-refractivity contribution in [3.05, 3.63) is 60.7 Å². The van der Waals surface area contributed by atoms with Crippen molar-refractivity contribution in [3.8, 4) is 11.5 Å². The van der Waals surface area contributed by atoms with E-state index in [2.05, 4.69) is 0 Å². The van der Waals surface area contributed by atoms with Gasteiger partial charge in [0.25, 0.3) is 11.8 Å². The molecular weight excluding hydrogens is 404 g/mol. The van der Waals surface area contributed by atoms with Crippen LogP contribution in [0.3, 0.4) is 0 Å². The van der Waals surface area contributed by atoms with E-state index in [1.54, 1.807) is 0 Å². The van der Waals surface area contributed by atoms with E-state index < -0.39 is 12.2 Å². The molecule has 1 saturated heterocycles. The Morgan fingerprint density at radius 3 is 1.41 bits per heavy atom. The molecule has 2 aromatic carbocycles. The quantitative estimate of drug-likeness (QED) is 0.621. The summed E-state index contributed by atoms with van der Waals surface area (Å²) in [6.45, 7) is 8.82. The second kappa shape index (κ2) is 11.0. The van der Waals surface area contributed by atoms with Gasteiger partial charge in [-0.25, -0.2) is 0 Å². The van der Waals surface area contributed by atoms with Gasteiger partial charge in [-0.05, 0) is 51.0 Å². The Morgan fingerprint density at radius 2 is 1.09 bits per heavy atom. The fourth-order valence-electron chi connectivity index (χ4n) is 4.05. The van der Waals surface area contributed by atoms with Crippen molar-refractivity contribution in [2.45, 2.75) is 64.8 Å². The van der Waals surface area contributed by atoms with E-state index in [0.717, 1.165) is 0 Å². The first kappa shape index (κ1) is 23.6. The molecule has 32 heavy (non-hydrogen) atoms. The zero-order valence-electron chi connectivity index (χ0n) is 19.4. The minimum Gasteiger partial charge on any atom is -0.481 e. The van der Waals surface area contributed by atoms with Crippen LogP contribution in [0.15, 0.2) is 60.7 Å². The molecule has 4 unspecified atom stereocenters. The van der Waals surface area contributed by atoms with Gasteiger partial charge >= 0.3 is 0 Å². The monoisotopic (exact) mass is 438 g/mol. The zero-order chi connectivity index (χ0) is 23.1. The fourth-order valence-corrected chi connectivity index (χ4v) is 4.05. The number of piperazine rings is 1. The molecule has 6 nitrogen and oxygen atoms in total. The minimum absolute atomic E-state index is 0.0321. The number of para-hydroxylation sites is 2. The number of hydrogen-bond acceptors (Lipinski definition) is 4. The van der Waals surface area contributed by atoms with Crippen LogP contribution in [0.2, 0.25) is 0 Å². The molecule has 0 spiro atoms. The van der Waals surface area contributed by atoms with E-state index in [9.17, 15) is 9.59 Å². The summed E-state index contributed by atoms with van der Waals surface area (Å²) in [7, 11) is 0. The Kier molecular flexibility index (Phi) is 8.14. The van der Waals surface area contributed by atoms with Crippen LogP contribution < -0.4 is 9.47 Å². The van der Waals surface area contributed by atoms with Crippen molar-refractivity contribution in [1.29, 1.82) is 0 Å². The molecule has 2 amide bonds. The van der Waals surface area contributed by atoms with Crippen molar-refractivity contribution >= 4 is 11.8 Å². The van der Waals surface area contributed by atoms with Crippen molar-refractivity contribution in [1.82, 2.24) is 9.80 Å². The minimum atomic E-state index is -0.542. The molecule has 0 N–H and O–H groups in total. The molecule has 0 radical (unpaired) electrons. The first-order chi connectivity index (χ1) is 15.4. The normalized spacial score (nSPS) is 20.4. The lowest BCUT2D eigenvalue weighted by atomic mass is 10.0. The molecule has 0 aromatic heterocycles. The highest BCUT2D eigenvalue weighted by atomic mass is 16.5. The number of ether oxygens (including phenoxy) is 2. The summed E-state index contributed by atoms with van der Waals surface area (Å²) in [4.78, 5) is 30.2. The number of hydrogen-bond donors (Lipinski definition) is 0. The molecule has 1 heterocycles. The van der Waals surface area contributed by atoms with Crippen molar-refractivity contribution in [2.75, 3.05) is 13.1 Å². The molecular formula is C26H34N2O4.